The van der Waals surface area contributed by atoms with Crippen LogP contribution in [0.1, 0.15) is 90.9 Å². The number of carbonyl (C=O) groups excluding carboxylic acids is 4. The van der Waals surface area contributed by atoms with Crippen molar-refractivity contribution in [3.8, 4) is 11.6 Å². The highest BCUT2D eigenvalue weighted by molar-refractivity contribution is 6.67. The summed E-state index contributed by atoms with van der Waals surface area (Å²) in [6.45, 7) is 8.61. The van der Waals surface area contributed by atoms with E-state index >= 15 is 0 Å². The number of amides is 1. The monoisotopic (exact) mass is 990 g/mol. The number of carbonyl (C=O) groups is 4. The number of hydrogen-bond acceptors (Lipinski definition) is 9. The maximum atomic E-state index is 13.3. The molecule has 0 atom stereocenters. The summed E-state index contributed by atoms with van der Waals surface area (Å²) in [6.07, 6.45) is -1.69. The van der Waals surface area contributed by atoms with Gasteiger partial charge in [0.2, 0.25) is 0 Å². The number of aryl methyl sites for hydroxylation is 3. The highest BCUT2D eigenvalue weighted by Crippen LogP contribution is 2.33. The van der Waals surface area contributed by atoms with Crippen LogP contribution in [0.5, 0.6) is 0 Å². The van der Waals surface area contributed by atoms with Gasteiger partial charge in [-0.15, -0.1) is 0 Å². The fraction of sp³-hybridized carbons (Fsp3) is 0.200. The molecule has 0 bridgehead atoms. The zero-order valence-electron chi connectivity index (χ0n) is 32.9. The zero-order valence-corrected chi connectivity index (χ0v) is 38.2. The maximum Gasteiger partial charge on any atom is 0.435 e. The fourth-order valence-corrected chi connectivity index (χ4v) is 7.04. The topological polar surface area (TPSA) is 168 Å². The molecule has 6 aromatic rings. The van der Waals surface area contributed by atoms with Crippen molar-refractivity contribution < 1.29 is 32.3 Å². The van der Waals surface area contributed by atoms with Gasteiger partial charge in [-0.1, -0.05) is 83.5 Å². The first kappa shape index (κ1) is 49.9. The molecule has 326 valence electrons. The number of anilines is 2. The van der Waals surface area contributed by atoms with Gasteiger partial charge in [0.05, 0.1) is 31.5 Å². The van der Waals surface area contributed by atoms with E-state index in [0.717, 1.165) is 11.8 Å². The van der Waals surface area contributed by atoms with Crippen LogP contribution in [-0.4, -0.2) is 52.2 Å². The molecule has 0 aliphatic heterocycles. The number of ketones is 2. The lowest BCUT2D eigenvalue weighted by Gasteiger charge is -2.14. The number of aromatic nitrogens is 6. The van der Waals surface area contributed by atoms with E-state index in [2.05, 4.69) is 25.5 Å². The van der Waals surface area contributed by atoms with Crippen LogP contribution in [0, 0.1) is 20.8 Å². The molecule has 0 spiro atoms. The molecular formula is C40H32Cl7F3N8O4. The predicted molar refractivity (Wildman–Crippen MR) is 237 cm³/mol. The van der Waals surface area contributed by atoms with Crippen molar-refractivity contribution in [2.45, 2.75) is 53.6 Å². The Kier molecular flexibility index (Phi) is 17.0. The predicted octanol–water partition coefficient (Wildman–Crippen LogP) is 12.5. The summed E-state index contributed by atoms with van der Waals surface area (Å²) in [4.78, 5) is 56.0. The molecule has 0 unspecified atom stereocenters. The Bertz CT molecular complexity index is 2710. The second kappa shape index (κ2) is 21.1. The third-order valence-electron chi connectivity index (χ3n) is 8.38. The van der Waals surface area contributed by atoms with Crippen LogP contribution in [0.15, 0.2) is 60.9 Å². The first-order chi connectivity index (χ1) is 29.0. The lowest BCUT2D eigenvalue weighted by molar-refractivity contribution is -0.141. The summed E-state index contributed by atoms with van der Waals surface area (Å²) >= 11 is 40.9. The van der Waals surface area contributed by atoms with Gasteiger partial charge in [-0.3, -0.25) is 19.2 Å². The highest BCUT2D eigenvalue weighted by atomic mass is 35.5. The van der Waals surface area contributed by atoms with E-state index in [0.29, 0.717) is 60.6 Å². The standard InChI is InChI=1S/C20H14Cl3F3N4O2.C10H6Cl3N3O.C10H12ClNO/c1-3-15(31)12-5-10(21)4-9(2)17(12)28-19(32)14-7-16(20(24,25)26)29-30(14)18-13(23)6-11(22)8-27-18;1-5-2-8(9(13)17)16(15-5)10-7(12)3-6(11)4-14-10;1-3-9(13)8-5-7(11)4-6(2)10(8)12/h4-8H,3H2,1-2H3,(H,28,32);2-4H,1H3;4-5H,3,12H2,1-2H3. The molecule has 3 N–H and O–H groups in total. The number of halogens is 10. The van der Waals surface area contributed by atoms with Crippen molar-refractivity contribution >= 4 is 115 Å². The van der Waals surface area contributed by atoms with Crippen LogP contribution < -0.4 is 11.1 Å². The minimum absolute atomic E-state index is 0.0306. The zero-order chi connectivity index (χ0) is 46.4. The summed E-state index contributed by atoms with van der Waals surface area (Å²) in [7, 11) is 0. The average molecular weight is 994 g/mol. The minimum Gasteiger partial charge on any atom is -0.398 e. The van der Waals surface area contributed by atoms with Crippen molar-refractivity contribution in [3.63, 3.8) is 0 Å². The van der Waals surface area contributed by atoms with E-state index in [1.54, 1.807) is 45.9 Å². The van der Waals surface area contributed by atoms with Gasteiger partial charge in [-0.05, 0) is 86.0 Å². The van der Waals surface area contributed by atoms with Crippen LogP contribution >= 0.6 is 81.2 Å². The minimum atomic E-state index is -4.83. The van der Waals surface area contributed by atoms with Gasteiger partial charge in [0.15, 0.2) is 28.9 Å². The molecular weight excluding hydrogens is 962 g/mol. The number of nitrogens with one attached hydrogen (secondary N) is 1. The van der Waals surface area contributed by atoms with Crippen LogP contribution in [0.2, 0.25) is 30.1 Å². The number of alkyl halides is 3. The Hall–Kier alpha value is -4.74. The molecule has 12 nitrogen and oxygen atoms in total. The van der Waals surface area contributed by atoms with E-state index in [9.17, 15) is 32.3 Å². The Labute approximate surface area is 387 Å². The average Bonchev–Trinajstić information content (AvgIpc) is 3.82. The van der Waals surface area contributed by atoms with Gasteiger partial charge in [-0.2, -0.15) is 23.4 Å². The molecule has 22 heteroatoms. The number of hydrogen-bond donors (Lipinski definition) is 2. The summed E-state index contributed by atoms with van der Waals surface area (Å²) in [5.41, 5.74) is 7.41. The Morgan fingerprint density at radius 2 is 1.15 bits per heavy atom. The van der Waals surface area contributed by atoms with Gasteiger partial charge in [-0.25, -0.2) is 19.3 Å². The maximum absolute atomic E-state index is 13.3. The number of nitrogen functional groups attached to an aromatic ring is 1. The van der Waals surface area contributed by atoms with E-state index < -0.39 is 28.7 Å². The summed E-state index contributed by atoms with van der Waals surface area (Å²) in [6, 6.07) is 11.2. The SMILES string of the molecule is CCC(=O)c1cc(Cl)cc(C)c1N.CCC(=O)c1cc(Cl)cc(C)c1NC(=O)c1cc(C(F)(F)F)nn1-c1ncc(Cl)cc1Cl.Cc1cc(C(=O)Cl)n(-c2ncc(Cl)cc2Cl)n1. The number of benzene rings is 2. The first-order valence-corrected chi connectivity index (χ1v) is 20.4. The number of Topliss-reactive ketones (excluding diaryl/α,β-unsaturated/α-hetero) is 2. The van der Waals surface area contributed by atoms with Crippen molar-refractivity contribution in [2.75, 3.05) is 11.1 Å². The molecule has 0 saturated carbocycles. The van der Waals surface area contributed by atoms with Gasteiger partial charge < -0.3 is 11.1 Å². The van der Waals surface area contributed by atoms with Gasteiger partial charge >= 0.3 is 6.18 Å². The Balaban J connectivity index is 0.000000234. The summed E-state index contributed by atoms with van der Waals surface area (Å²) < 4.78 is 42.0. The molecule has 6 rings (SSSR count). The van der Waals surface area contributed by atoms with Crippen molar-refractivity contribution in [2.24, 2.45) is 0 Å². The van der Waals surface area contributed by atoms with Gasteiger partial charge in [0.25, 0.3) is 11.1 Å². The van der Waals surface area contributed by atoms with Gasteiger partial charge in [0.1, 0.15) is 11.4 Å². The second-order valence-electron chi connectivity index (χ2n) is 12.9. The first-order valence-electron chi connectivity index (χ1n) is 17.8. The van der Waals surface area contributed by atoms with Crippen LogP contribution in [0.25, 0.3) is 11.6 Å². The van der Waals surface area contributed by atoms with E-state index in [1.165, 1.54) is 35.1 Å². The third kappa shape index (κ3) is 12.2. The molecule has 1 amide bonds. The number of nitrogens with two attached hydrogens (primary N) is 1. The normalized spacial score (nSPS) is 11.0. The van der Waals surface area contributed by atoms with Crippen LogP contribution in [-0.2, 0) is 6.18 Å². The summed E-state index contributed by atoms with van der Waals surface area (Å²) in [5, 5.41) is 11.0. The third-order valence-corrected chi connectivity index (χ3v) is 9.98. The lowest BCUT2D eigenvalue weighted by atomic mass is 10.0. The molecule has 2 aromatic carbocycles. The van der Waals surface area contributed by atoms with Crippen LogP contribution in [0.3, 0.4) is 0 Å². The second-order valence-corrected chi connectivity index (χ2v) is 15.8. The Morgan fingerprint density at radius 3 is 1.63 bits per heavy atom. The number of pyridine rings is 2. The quantitative estimate of drug-likeness (QED) is 0.0814. The molecule has 0 aliphatic rings. The number of rotatable bonds is 9. The smallest absolute Gasteiger partial charge is 0.398 e. The number of nitrogens with zero attached hydrogens (tertiary/aromatic N) is 6. The molecule has 0 aliphatic carbocycles. The molecule has 4 aromatic heterocycles. The summed E-state index contributed by atoms with van der Waals surface area (Å²) in [5.74, 6) is -1.15. The van der Waals surface area contributed by atoms with Crippen LogP contribution in [0.4, 0.5) is 24.5 Å². The van der Waals surface area contributed by atoms with E-state index in [1.807, 2.05) is 6.92 Å². The van der Waals surface area contributed by atoms with Crippen molar-refractivity contribution in [3.05, 3.63) is 136 Å². The molecule has 0 radical (unpaired) electrons. The molecule has 62 heavy (non-hydrogen) atoms. The molecule has 4 heterocycles. The van der Waals surface area contributed by atoms with Crippen molar-refractivity contribution in [1.82, 2.24) is 29.5 Å². The molecule has 0 saturated heterocycles. The van der Waals surface area contributed by atoms with Crippen molar-refractivity contribution in [1.29, 1.82) is 0 Å². The van der Waals surface area contributed by atoms with E-state index in [-0.39, 0.29) is 55.8 Å². The fourth-order valence-electron chi connectivity index (χ4n) is 5.44. The van der Waals surface area contributed by atoms with Gasteiger partial charge in [0, 0.05) is 58.2 Å². The lowest BCUT2D eigenvalue weighted by Crippen LogP contribution is -2.20. The molecule has 0 fully saturated rings. The highest BCUT2D eigenvalue weighted by Gasteiger charge is 2.37. The Morgan fingerprint density at radius 1 is 0.661 bits per heavy atom. The largest absolute Gasteiger partial charge is 0.435 e. The van der Waals surface area contributed by atoms with E-state index in [4.69, 9.17) is 86.9 Å².